The van der Waals surface area contributed by atoms with Crippen LogP contribution in [-0.4, -0.2) is 57.4 Å². The summed E-state index contributed by atoms with van der Waals surface area (Å²) in [5, 5.41) is 20.9. The van der Waals surface area contributed by atoms with Crippen molar-refractivity contribution in [2.24, 2.45) is 0 Å². The molecule has 126 valence electrons. The molecule has 0 radical (unpaired) electrons. The van der Waals surface area contributed by atoms with Crippen molar-refractivity contribution in [2.75, 3.05) is 11.9 Å². The first kappa shape index (κ1) is 17.2. The van der Waals surface area contributed by atoms with Gasteiger partial charge in [0.25, 0.3) is 0 Å². The highest BCUT2D eigenvalue weighted by Gasteiger charge is 2.39. The van der Waals surface area contributed by atoms with Gasteiger partial charge >= 0.3 is 18.7 Å². The number of nitrogens with one attached hydrogen (secondary N) is 1. The Morgan fingerprint density at radius 3 is 2.65 bits per heavy atom. The third kappa shape index (κ3) is 4.41. The van der Waals surface area contributed by atoms with Crippen molar-refractivity contribution in [1.29, 1.82) is 0 Å². The molecular formula is C12H12BrF2N3O5. The number of carbonyl (C=O) groups is 2. The Hall–Kier alpha value is -2.17. The topological polar surface area (TPSA) is 112 Å². The number of ether oxygens (including phenoxy) is 1. The highest BCUT2D eigenvalue weighted by atomic mass is 79.9. The van der Waals surface area contributed by atoms with Crippen molar-refractivity contribution in [3.05, 3.63) is 16.7 Å². The normalized spacial score (nSPS) is 20.6. The summed E-state index contributed by atoms with van der Waals surface area (Å²) in [7, 11) is 0. The number of halogens is 3. The molecule has 0 saturated carbocycles. The second-order valence-corrected chi connectivity index (χ2v) is 5.57. The SMILES string of the molecule is O=C(O)[C@@H]1C[C@H](Nc2cc(OC(F)F)cc(Br)n2)CN1C(=O)O. The van der Waals surface area contributed by atoms with E-state index in [-0.39, 0.29) is 29.1 Å². The molecule has 3 N–H and O–H groups in total. The summed E-state index contributed by atoms with van der Waals surface area (Å²) >= 11 is 3.05. The van der Waals surface area contributed by atoms with Crippen molar-refractivity contribution in [3.8, 4) is 5.75 Å². The van der Waals surface area contributed by atoms with Gasteiger partial charge in [-0.25, -0.2) is 14.6 Å². The monoisotopic (exact) mass is 395 g/mol. The quantitative estimate of drug-likeness (QED) is 0.654. The van der Waals surface area contributed by atoms with Crippen LogP contribution in [0.1, 0.15) is 6.42 Å². The number of nitrogens with zero attached hydrogens (tertiary/aromatic N) is 2. The van der Waals surface area contributed by atoms with Crippen molar-refractivity contribution in [1.82, 2.24) is 9.88 Å². The van der Waals surface area contributed by atoms with Crippen LogP contribution < -0.4 is 10.1 Å². The maximum absolute atomic E-state index is 12.3. The molecule has 0 bridgehead atoms. The van der Waals surface area contributed by atoms with Crippen LogP contribution in [0.5, 0.6) is 5.75 Å². The molecule has 1 aromatic heterocycles. The number of alkyl halides is 2. The fraction of sp³-hybridized carbons (Fsp3) is 0.417. The molecule has 0 unspecified atom stereocenters. The van der Waals surface area contributed by atoms with Crippen LogP contribution >= 0.6 is 15.9 Å². The fourth-order valence-electron chi connectivity index (χ4n) is 2.31. The standard InChI is InChI=1S/C12H12BrF2N3O5/c13-8-2-6(23-11(14)15)3-9(17-8)16-5-1-7(10(19)20)18(4-5)12(21)22/h2-3,5,7,11H,1,4H2,(H,16,17)(H,19,20)(H,21,22)/t5-,7-/m0/s1. The van der Waals surface area contributed by atoms with Gasteiger partial charge in [0.15, 0.2) is 0 Å². The molecular weight excluding hydrogens is 384 g/mol. The predicted octanol–water partition coefficient (Wildman–Crippen LogP) is 2.06. The summed E-state index contributed by atoms with van der Waals surface area (Å²) in [6.07, 6.45) is -1.31. The average Bonchev–Trinajstić information content (AvgIpc) is 2.81. The number of aliphatic carboxylic acids is 1. The van der Waals surface area contributed by atoms with Crippen LogP contribution in [0.3, 0.4) is 0 Å². The minimum absolute atomic E-state index is 0.0286. The number of hydrogen-bond donors (Lipinski definition) is 3. The lowest BCUT2D eigenvalue weighted by Gasteiger charge is -2.17. The van der Waals surface area contributed by atoms with E-state index in [1.165, 1.54) is 12.1 Å². The van der Waals surface area contributed by atoms with Crippen molar-refractivity contribution >= 4 is 33.8 Å². The van der Waals surface area contributed by atoms with Gasteiger partial charge in [-0.1, -0.05) is 0 Å². The minimum atomic E-state index is -3.00. The lowest BCUT2D eigenvalue weighted by molar-refractivity contribution is -0.141. The maximum atomic E-state index is 12.3. The first-order chi connectivity index (χ1) is 10.8. The molecule has 1 saturated heterocycles. The Morgan fingerprint density at radius 2 is 2.13 bits per heavy atom. The predicted molar refractivity (Wildman–Crippen MR) is 76.8 cm³/mol. The molecule has 2 atom stereocenters. The van der Waals surface area contributed by atoms with Crippen LogP contribution in [0.2, 0.25) is 0 Å². The highest BCUT2D eigenvalue weighted by Crippen LogP contribution is 2.26. The van der Waals surface area contributed by atoms with Gasteiger partial charge in [0.2, 0.25) is 0 Å². The van der Waals surface area contributed by atoms with Crippen LogP contribution in [-0.2, 0) is 4.79 Å². The van der Waals surface area contributed by atoms with Crippen molar-refractivity contribution < 1.29 is 33.3 Å². The summed E-state index contributed by atoms with van der Waals surface area (Å²) in [6, 6.07) is 0.772. The Kier molecular flexibility index (Phi) is 5.19. The summed E-state index contributed by atoms with van der Waals surface area (Å²) in [5.74, 6) is -1.22. The highest BCUT2D eigenvalue weighted by molar-refractivity contribution is 9.10. The summed E-state index contributed by atoms with van der Waals surface area (Å²) in [4.78, 5) is 26.9. The van der Waals surface area contributed by atoms with Gasteiger partial charge in [-0.3, -0.25) is 4.90 Å². The Morgan fingerprint density at radius 1 is 1.43 bits per heavy atom. The summed E-state index contributed by atoms with van der Waals surface area (Å²) < 4.78 is 29.0. The number of anilines is 1. The number of hydrogen-bond acceptors (Lipinski definition) is 5. The van der Waals surface area contributed by atoms with E-state index in [2.05, 4.69) is 31.0 Å². The molecule has 0 spiro atoms. The van der Waals surface area contributed by atoms with Gasteiger partial charge in [-0.05, 0) is 15.9 Å². The van der Waals surface area contributed by atoms with E-state index in [4.69, 9.17) is 10.2 Å². The first-order valence-electron chi connectivity index (χ1n) is 6.37. The van der Waals surface area contributed by atoms with Gasteiger partial charge in [0.1, 0.15) is 22.2 Å². The average molecular weight is 396 g/mol. The molecule has 1 aliphatic rings. The zero-order chi connectivity index (χ0) is 17.1. The number of rotatable bonds is 5. The number of pyridine rings is 1. The number of carboxylic acids is 1. The molecule has 1 fully saturated rings. The van der Waals surface area contributed by atoms with E-state index in [0.29, 0.717) is 0 Å². The van der Waals surface area contributed by atoms with E-state index in [1.54, 1.807) is 0 Å². The van der Waals surface area contributed by atoms with Crippen LogP contribution in [0.25, 0.3) is 0 Å². The van der Waals surface area contributed by atoms with Crippen LogP contribution in [0.4, 0.5) is 19.4 Å². The molecule has 0 aliphatic carbocycles. The van der Waals surface area contributed by atoms with Gasteiger partial charge in [-0.2, -0.15) is 8.78 Å². The molecule has 0 aromatic carbocycles. The molecule has 23 heavy (non-hydrogen) atoms. The minimum Gasteiger partial charge on any atom is -0.480 e. The van der Waals surface area contributed by atoms with Gasteiger partial charge in [0.05, 0.1) is 0 Å². The fourth-order valence-corrected chi connectivity index (χ4v) is 2.73. The van der Waals surface area contributed by atoms with E-state index >= 15 is 0 Å². The summed E-state index contributed by atoms with van der Waals surface area (Å²) in [5.41, 5.74) is 0. The van der Waals surface area contributed by atoms with Crippen molar-refractivity contribution in [2.45, 2.75) is 25.1 Å². The third-order valence-electron chi connectivity index (χ3n) is 3.18. The van der Waals surface area contributed by atoms with E-state index in [9.17, 15) is 18.4 Å². The van der Waals surface area contributed by atoms with Gasteiger partial charge in [-0.15, -0.1) is 0 Å². The lowest BCUT2D eigenvalue weighted by Crippen LogP contribution is -2.39. The van der Waals surface area contributed by atoms with Crippen molar-refractivity contribution in [3.63, 3.8) is 0 Å². The molecule has 1 aliphatic heterocycles. The molecule has 2 heterocycles. The number of amides is 1. The van der Waals surface area contributed by atoms with Gasteiger partial charge in [0, 0.05) is 31.1 Å². The Bertz CT molecular complexity index is 596. The Balaban J connectivity index is 2.12. The van der Waals surface area contributed by atoms with Gasteiger partial charge < -0.3 is 20.3 Å². The number of aromatic nitrogens is 1. The Labute approximate surface area is 137 Å². The van der Waals surface area contributed by atoms with E-state index in [0.717, 1.165) is 4.90 Å². The summed E-state index contributed by atoms with van der Waals surface area (Å²) in [6.45, 7) is -3.06. The number of likely N-dealkylation sites (tertiary alicyclic amines) is 1. The largest absolute Gasteiger partial charge is 0.480 e. The molecule has 8 nitrogen and oxygen atoms in total. The van der Waals surface area contributed by atoms with E-state index < -0.39 is 30.8 Å². The molecule has 1 amide bonds. The second kappa shape index (κ2) is 6.94. The van der Waals surface area contributed by atoms with Crippen LogP contribution in [0.15, 0.2) is 16.7 Å². The zero-order valence-electron chi connectivity index (χ0n) is 11.4. The second-order valence-electron chi connectivity index (χ2n) is 4.76. The smallest absolute Gasteiger partial charge is 0.408 e. The first-order valence-corrected chi connectivity index (χ1v) is 7.17. The zero-order valence-corrected chi connectivity index (χ0v) is 13.0. The molecule has 1 aromatic rings. The maximum Gasteiger partial charge on any atom is 0.408 e. The van der Waals surface area contributed by atoms with Crippen LogP contribution in [0, 0.1) is 0 Å². The third-order valence-corrected chi connectivity index (χ3v) is 3.58. The van der Waals surface area contributed by atoms with E-state index in [1.807, 2.05) is 0 Å². The number of carboxylic acid groups (broad SMARTS) is 2. The molecule has 2 rings (SSSR count). The molecule has 11 heteroatoms. The lowest BCUT2D eigenvalue weighted by atomic mass is 10.1.